The van der Waals surface area contributed by atoms with Crippen molar-refractivity contribution in [2.24, 2.45) is 5.14 Å². The van der Waals surface area contributed by atoms with Crippen LogP contribution in [0.3, 0.4) is 0 Å². The van der Waals surface area contributed by atoms with Crippen LogP contribution in [-0.2, 0) is 10.0 Å². The van der Waals surface area contributed by atoms with Gasteiger partial charge in [-0.25, -0.2) is 22.9 Å². The van der Waals surface area contributed by atoms with Crippen molar-refractivity contribution in [1.82, 2.24) is 9.88 Å². The van der Waals surface area contributed by atoms with Crippen molar-refractivity contribution in [2.45, 2.75) is 30.7 Å². The molecular formula is C24H24ClFN4O3S. The average molecular weight is 503 g/mol. The van der Waals surface area contributed by atoms with Gasteiger partial charge in [0.1, 0.15) is 10.8 Å². The zero-order chi connectivity index (χ0) is 24.5. The summed E-state index contributed by atoms with van der Waals surface area (Å²) in [5.41, 5.74) is 2.88. The Labute approximate surface area is 202 Å². The number of nitrogens with two attached hydrogens (primary N) is 1. The molecule has 10 heteroatoms. The first-order valence-corrected chi connectivity index (χ1v) is 12.7. The molecule has 3 N–H and O–H groups in total. The summed E-state index contributed by atoms with van der Waals surface area (Å²) in [6, 6.07) is 13.8. The fourth-order valence-corrected chi connectivity index (χ4v) is 5.19. The third-order valence-corrected chi connectivity index (χ3v) is 7.34. The summed E-state index contributed by atoms with van der Waals surface area (Å²) < 4.78 is 37.2. The number of carbonyl (C=O) groups excluding carboxylic acids is 1. The molecule has 1 saturated heterocycles. The average Bonchev–Trinajstić information content (AvgIpc) is 2.81. The predicted molar refractivity (Wildman–Crippen MR) is 129 cm³/mol. The van der Waals surface area contributed by atoms with Crippen LogP contribution in [0, 0.1) is 12.7 Å². The molecule has 2 heterocycles. The lowest BCUT2D eigenvalue weighted by molar-refractivity contribution is 0.0713. The van der Waals surface area contributed by atoms with Gasteiger partial charge in [-0.3, -0.25) is 4.79 Å². The van der Waals surface area contributed by atoms with Crippen molar-refractivity contribution in [3.63, 3.8) is 0 Å². The maximum atomic E-state index is 13.5. The Hall–Kier alpha value is -3.01. The second-order valence-electron chi connectivity index (χ2n) is 8.27. The summed E-state index contributed by atoms with van der Waals surface area (Å²) in [5, 5.41) is 7.64. The molecule has 4 rings (SSSR count). The topological polar surface area (TPSA) is 105 Å². The van der Waals surface area contributed by atoms with Gasteiger partial charge < -0.3 is 10.2 Å². The number of anilines is 2. The van der Waals surface area contributed by atoms with E-state index in [2.05, 4.69) is 10.3 Å². The van der Waals surface area contributed by atoms with Crippen LogP contribution in [0.5, 0.6) is 0 Å². The second kappa shape index (κ2) is 9.69. The van der Waals surface area contributed by atoms with E-state index in [1.54, 1.807) is 23.1 Å². The van der Waals surface area contributed by atoms with Gasteiger partial charge in [0.25, 0.3) is 15.9 Å². The van der Waals surface area contributed by atoms with Gasteiger partial charge in [0, 0.05) is 25.0 Å². The quantitative estimate of drug-likeness (QED) is 0.530. The number of likely N-dealkylation sites (tertiary alicyclic amines) is 1. The SMILES string of the molecule is Cc1ccccc1Nc1c(C(=O)N2CCC(c3ccc(F)cc3)CC2)cnc(S(N)(=O)=O)c1Cl. The monoisotopic (exact) mass is 502 g/mol. The highest BCUT2D eigenvalue weighted by Gasteiger charge is 2.29. The maximum Gasteiger partial charge on any atom is 0.257 e. The molecule has 2 aromatic carbocycles. The molecule has 7 nitrogen and oxygen atoms in total. The Morgan fingerprint density at radius 2 is 1.79 bits per heavy atom. The number of pyridine rings is 1. The Morgan fingerprint density at radius 1 is 1.15 bits per heavy atom. The van der Waals surface area contributed by atoms with Crippen LogP contribution in [0.4, 0.5) is 15.8 Å². The van der Waals surface area contributed by atoms with Crippen LogP contribution in [0.15, 0.2) is 59.8 Å². The number of primary sulfonamides is 1. The number of hydrogen-bond donors (Lipinski definition) is 2. The summed E-state index contributed by atoms with van der Waals surface area (Å²) >= 11 is 6.41. The smallest absolute Gasteiger partial charge is 0.257 e. The van der Waals surface area contributed by atoms with Crippen LogP contribution in [0.2, 0.25) is 5.02 Å². The number of aromatic nitrogens is 1. The van der Waals surface area contributed by atoms with E-state index >= 15 is 0 Å². The second-order valence-corrected chi connectivity index (χ2v) is 10.1. The predicted octanol–water partition coefficient (Wildman–Crippen LogP) is 4.59. The highest BCUT2D eigenvalue weighted by Crippen LogP contribution is 2.36. The fraction of sp³-hybridized carbons (Fsp3) is 0.250. The molecule has 1 aliphatic heterocycles. The molecule has 1 fully saturated rings. The molecule has 3 aromatic rings. The van der Waals surface area contributed by atoms with Gasteiger partial charge in [0.05, 0.1) is 11.3 Å². The molecule has 34 heavy (non-hydrogen) atoms. The lowest BCUT2D eigenvalue weighted by Gasteiger charge is -2.33. The van der Waals surface area contributed by atoms with Crippen LogP contribution >= 0.6 is 11.6 Å². The number of carbonyl (C=O) groups is 1. The van der Waals surface area contributed by atoms with Crippen molar-refractivity contribution < 1.29 is 17.6 Å². The molecule has 0 saturated carbocycles. The Kier molecular flexibility index (Phi) is 6.88. The van der Waals surface area contributed by atoms with Gasteiger partial charge in [-0.1, -0.05) is 41.9 Å². The van der Waals surface area contributed by atoms with Gasteiger partial charge in [-0.2, -0.15) is 0 Å². The van der Waals surface area contributed by atoms with E-state index in [1.165, 1.54) is 18.3 Å². The van der Waals surface area contributed by atoms with Gasteiger partial charge in [0.2, 0.25) is 0 Å². The molecule has 0 aliphatic carbocycles. The fourth-order valence-electron chi connectivity index (χ4n) is 4.12. The zero-order valence-electron chi connectivity index (χ0n) is 18.5. The minimum atomic E-state index is -4.20. The van der Waals surface area contributed by atoms with Gasteiger partial charge in [-0.15, -0.1) is 0 Å². The number of nitrogens with one attached hydrogen (secondary N) is 1. The number of aryl methyl sites for hydroxylation is 1. The maximum absolute atomic E-state index is 13.5. The zero-order valence-corrected chi connectivity index (χ0v) is 20.0. The van der Waals surface area contributed by atoms with E-state index in [1.807, 2.05) is 25.1 Å². The van der Waals surface area contributed by atoms with E-state index in [4.69, 9.17) is 16.7 Å². The third-order valence-electron chi connectivity index (χ3n) is 6.02. The Balaban J connectivity index is 1.63. The number of hydrogen-bond acceptors (Lipinski definition) is 5. The van der Waals surface area contributed by atoms with Gasteiger partial charge in [0.15, 0.2) is 5.03 Å². The summed E-state index contributed by atoms with van der Waals surface area (Å²) in [6.07, 6.45) is 2.63. The summed E-state index contributed by atoms with van der Waals surface area (Å²) in [6.45, 7) is 2.85. The van der Waals surface area contributed by atoms with E-state index in [9.17, 15) is 17.6 Å². The molecule has 1 aliphatic rings. The van der Waals surface area contributed by atoms with Crippen LogP contribution in [0.25, 0.3) is 0 Å². The summed E-state index contributed by atoms with van der Waals surface area (Å²) in [7, 11) is -4.20. The minimum absolute atomic E-state index is 0.139. The van der Waals surface area contributed by atoms with Crippen molar-refractivity contribution >= 4 is 38.9 Å². The molecule has 1 aromatic heterocycles. The minimum Gasteiger partial charge on any atom is -0.353 e. The largest absolute Gasteiger partial charge is 0.353 e. The molecule has 1 amide bonds. The molecular weight excluding hydrogens is 479 g/mol. The van der Waals surface area contributed by atoms with Gasteiger partial charge >= 0.3 is 0 Å². The van der Waals surface area contributed by atoms with Crippen LogP contribution < -0.4 is 10.5 Å². The van der Waals surface area contributed by atoms with E-state index in [0.717, 1.165) is 11.1 Å². The summed E-state index contributed by atoms with van der Waals surface area (Å²) in [5.74, 6) is -0.373. The third kappa shape index (κ3) is 5.06. The number of halogens is 2. The first-order valence-electron chi connectivity index (χ1n) is 10.7. The molecule has 0 unspecified atom stereocenters. The number of para-hydroxylation sites is 1. The number of amides is 1. The summed E-state index contributed by atoms with van der Waals surface area (Å²) in [4.78, 5) is 19.0. The lowest BCUT2D eigenvalue weighted by Crippen LogP contribution is -2.38. The highest BCUT2D eigenvalue weighted by molar-refractivity contribution is 7.89. The van der Waals surface area contributed by atoms with Crippen molar-refractivity contribution in [3.05, 3.63) is 82.3 Å². The van der Waals surface area contributed by atoms with Crippen molar-refractivity contribution in [2.75, 3.05) is 18.4 Å². The molecule has 0 bridgehead atoms. The van der Waals surface area contributed by atoms with Gasteiger partial charge in [-0.05, 0) is 55.0 Å². The van der Waals surface area contributed by atoms with Crippen LogP contribution in [-0.4, -0.2) is 37.3 Å². The number of nitrogens with zero attached hydrogens (tertiary/aromatic N) is 2. The standard InChI is InChI=1S/C24H24ClFN4O3S/c1-15-4-2-3-5-20(15)29-22-19(14-28-23(21(22)25)34(27,32)33)24(31)30-12-10-17(11-13-30)16-6-8-18(26)9-7-16/h2-9,14,17H,10-13H2,1H3,(H,28,29)(H2,27,32,33). The molecule has 178 valence electrons. The number of benzene rings is 2. The Morgan fingerprint density at radius 3 is 2.41 bits per heavy atom. The molecule has 0 atom stereocenters. The number of sulfonamides is 1. The van der Waals surface area contributed by atoms with Crippen molar-refractivity contribution in [3.8, 4) is 0 Å². The van der Waals surface area contributed by atoms with Crippen molar-refractivity contribution in [1.29, 1.82) is 0 Å². The molecule has 0 radical (unpaired) electrons. The normalized spacial score (nSPS) is 14.8. The highest BCUT2D eigenvalue weighted by atomic mass is 35.5. The van der Waals surface area contributed by atoms with E-state index < -0.39 is 15.0 Å². The first kappa shape index (κ1) is 24.1. The van der Waals surface area contributed by atoms with Crippen LogP contribution in [0.1, 0.15) is 40.2 Å². The number of piperidine rings is 1. The first-order chi connectivity index (χ1) is 16.1. The molecule has 0 spiro atoms. The van der Waals surface area contributed by atoms with E-state index in [0.29, 0.717) is 31.6 Å². The van der Waals surface area contributed by atoms with E-state index in [-0.39, 0.29) is 33.9 Å². The lowest BCUT2D eigenvalue weighted by atomic mass is 9.89. The number of rotatable bonds is 5. The Bertz CT molecular complexity index is 1320.